The number of aromatic hydroxyl groups is 1. The lowest BCUT2D eigenvalue weighted by molar-refractivity contribution is 0.0672. The maximum Gasteiger partial charge on any atom is 0.254 e. The first-order valence-corrected chi connectivity index (χ1v) is 8.51. The van der Waals surface area contributed by atoms with Crippen molar-refractivity contribution in [2.75, 3.05) is 0 Å². The van der Waals surface area contributed by atoms with Crippen molar-refractivity contribution in [1.82, 2.24) is 4.90 Å². The molecule has 25 heavy (non-hydrogen) atoms. The number of halogens is 2. The van der Waals surface area contributed by atoms with E-state index < -0.39 is 11.6 Å². The Morgan fingerprint density at radius 1 is 1.16 bits per heavy atom. The van der Waals surface area contributed by atoms with Gasteiger partial charge < -0.3 is 10.0 Å². The van der Waals surface area contributed by atoms with Crippen LogP contribution in [0.15, 0.2) is 42.5 Å². The van der Waals surface area contributed by atoms with E-state index in [4.69, 9.17) is 0 Å². The lowest BCUT2D eigenvalue weighted by Gasteiger charge is -2.29. The van der Waals surface area contributed by atoms with Gasteiger partial charge in [-0.2, -0.15) is 0 Å². The van der Waals surface area contributed by atoms with Gasteiger partial charge in [-0.25, -0.2) is 8.78 Å². The molecule has 2 aromatic rings. The van der Waals surface area contributed by atoms with E-state index in [-0.39, 0.29) is 29.4 Å². The molecule has 3 nitrogen and oxygen atoms in total. The lowest BCUT2D eigenvalue weighted by atomic mass is 10.0. The van der Waals surface area contributed by atoms with Crippen molar-refractivity contribution >= 4 is 5.91 Å². The molecule has 1 amide bonds. The summed E-state index contributed by atoms with van der Waals surface area (Å²) in [5.74, 6) is -1.73. The zero-order valence-corrected chi connectivity index (χ0v) is 14.1. The standard InChI is InChI=1S/C20H21F2NO2/c1-13-2-9-17(10-5-14-3-7-16(21)8-4-14)23(13)20(25)15-6-11-19(24)18(22)12-15/h3-4,6-8,11-13,17,24H,2,5,9-10H2,1H3/t13-,17-/m1/s1. The van der Waals surface area contributed by atoms with E-state index >= 15 is 0 Å². The zero-order chi connectivity index (χ0) is 18.0. The Bertz CT molecular complexity index is 761. The van der Waals surface area contributed by atoms with Gasteiger partial charge in [-0.05, 0) is 68.5 Å². The summed E-state index contributed by atoms with van der Waals surface area (Å²) in [4.78, 5) is 14.6. The SMILES string of the molecule is C[C@@H]1CC[C@H](CCc2ccc(F)cc2)N1C(=O)c1ccc(O)c(F)c1. The third-order valence-corrected chi connectivity index (χ3v) is 4.89. The van der Waals surface area contributed by atoms with Gasteiger partial charge in [-0.3, -0.25) is 4.79 Å². The highest BCUT2D eigenvalue weighted by Crippen LogP contribution is 2.30. The molecular weight excluding hydrogens is 324 g/mol. The largest absolute Gasteiger partial charge is 0.505 e. The molecule has 1 fully saturated rings. The molecule has 0 spiro atoms. The first kappa shape index (κ1) is 17.4. The Morgan fingerprint density at radius 2 is 1.88 bits per heavy atom. The van der Waals surface area contributed by atoms with Gasteiger partial charge in [-0.1, -0.05) is 12.1 Å². The summed E-state index contributed by atoms with van der Waals surface area (Å²) in [6.45, 7) is 1.99. The van der Waals surface area contributed by atoms with Gasteiger partial charge in [-0.15, -0.1) is 0 Å². The summed E-state index contributed by atoms with van der Waals surface area (Å²) in [5.41, 5.74) is 1.28. The van der Waals surface area contributed by atoms with Gasteiger partial charge in [0, 0.05) is 17.6 Å². The normalized spacial score (nSPS) is 20.0. The Kier molecular flexibility index (Phi) is 5.02. The molecule has 1 aliphatic rings. The maximum absolute atomic E-state index is 13.6. The first-order valence-electron chi connectivity index (χ1n) is 8.51. The number of aryl methyl sites for hydroxylation is 1. The van der Waals surface area contributed by atoms with Gasteiger partial charge in [0.1, 0.15) is 5.82 Å². The summed E-state index contributed by atoms with van der Waals surface area (Å²) in [5, 5.41) is 9.30. The molecule has 3 rings (SSSR count). The Morgan fingerprint density at radius 3 is 2.56 bits per heavy atom. The zero-order valence-electron chi connectivity index (χ0n) is 14.1. The average molecular weight is 345 g/mol. The number of carbonyl (C=O) groups excluding carboxylic acids is 1. The minimum Gasteiger partial charge on any atom is -0.505 e. The van der Waals surface area contributed by atoms with E-state index in [9.17, 15) is 18.7 Å². The van der Waals surface area contributed by atoms with E-state index in [2.05, 4.69) is 0 Å². The number of hydrogen-bond donors (Lipinski definition) is 1. The second-order valence-corrected chi connectivity index (χ2v) is 6.62. The molecule has 0 radical (unpaired) electrons. The van der Waals surface area contributed by atoms with Gasteiger partial charge in [0.25, 0.3) is 5.91 Å². The smallest absolute Gasteiger partial charge is 0.254 e. The van der Waals surface area contributed by atoms with Crippen molar-refractivity contribution in [2.45, 2.75) is 44.7 Å². The van der Waals surface area contributed by atoms with Crippen LogP contribution in [-0.2, 0) is 6.42 Å². The molecule has 1 aliphatic heterocycles. The minimum atomic E-state index is -0.791. The van der Waals surface area contributed by atoms with Crippen LogP contribution in [0, 0.1) is 11.6 Å². The summed E-state index contributed by atoms with van der Waals surface area (Å²) in [6, 6.07) is 10.3. The van der Waals surface area contributed by atoms with E-state index in [0.29, 0.717) is 0 Å². The summed E-state index contributed by atoms with van der Waals surface area (Å²) < 4.78 is 26.6. The van der Waals surface area contributed by atoms with Gasteiger partial charge >= 0.3 is 0 Å². The number of rotatable bonds is 4. The molecule has 5 heteroatoms. The molecule has 0 bridgehead atoms. The summed E-state index contributed by atoms with van der Waals surface area (Å²) in [7, 11) is 0. The highest BCUT2D eigenvalue weighted by atomic mass is 19.1. The number of amides is 1. The Balaban J connectivity index is 1.72. The Labute approximate surface area is 145 Å². The molecule has 0 aliphatic carbocycles. The van der Waals surface area contributed by atoms with Crippen molar-refractivity contribution < 1.29 is 18.7 Å². The molecular formula is C20H21F2NO2. The molecule has 132 valence electrons. The maximum atomic E-state index is 13.6. The number of likely N-dealkylation sites (tertiary alicyclic amines) is 1. The molecule has 0 aromatic heterocycles. The van der Waals surface area contributed by atoms with Crippen molar-refractivity contribution in [3.8, 4) is 5.75 Å². The second-order valence-electron chi connectivity index (χ2n) is 6.62. The highest BCUT2D eigenvalue weighted by molar-refractivity contribution is 5.95. The topological polar surface area (TPSA) is 40.5 Å². The number of benzene rings is 2. The third-order valence-electron chi connectivity index (χ3n) is 4.89. The van der Waals surface area contributed by atoms with E-state index in [1.165, 1.54) is 24.3 Å². The van der Waals surface area contributed by atoms with Gasteiger partial charge in [0.05, 0.1) is 0 Å². The number of carbonyl (C=O) groups is 1. The Hall–Kier alpha value is -2.43. The third kappa shape index (κ3) is 3.81. The first-order chi connectivity index (χ1) is 12.0. The molecule has 0 saturated carbocycles. The van der Waals surface area contributed by atoms with Crippen molar-refractivity contribution in [2.24, 2.45) is 0 Å². The lowest BCUT2D eigenvalue weighted by Crippen LogP contribution is -2.40. The number of nitrogens with zero attached hydrogens (tertiary/aromatic N) is 1. The van der Waals surface area contributed by atoms with E-state index in [0.717, 1.165) is 37.3 Å². The summed E-state index contributed by atoms with van der Waals surface area (Å²) in [6.07, 6.45) is 3.34. The van der Waals surface area contributed by atoms with Crippen molar-refractivity contribution in [1.29, 1.82) is 0 Å². The molecule has 1 N–H and O–H groups in total. The fraction of sp³-hybridized carbons (Fsp3) is 0.350. The van der Waals surface area contributed by atoms with Crippen LogP contribution in [0.2, 0.25) is 0 Å². The second kappa shape index (κ2) is 7.21. The summed E-state index contributed by atoms with van der Waals surface area (Å²) >= 11 is 0. The van der Waals surface area contributed by atoms with Crippen LogP contribution in [0.25, 0.3) is 0 Å². The van der Waals surface area contributed by atoms with Crippen LogP contribution in [-0.4, -0.2) is 28.0 Å². The van der Waals surface area contributed by atoms with Crippen LogP contribution in [0.4, 0.5) is 8.78 Å². The predicted molar refractivity (Wildman–Crippen MR) is 91.4 cm³/mol. The van der Waals surface area contributed by atoms with Crippen LogP contribution in [0.3, 0.4) is 0 Å². The molecule has 1 saturated heterocycles. The van der Waals surface area contributed by atoms with Gasteiger partial charge in [0.2, 0.25) is 0 Å². The average Bonchev–Trinajstić information content (AvgIpc) is 2.97. The highest BCUT2D eigenvalue weighted by Gasteiger charge is 2.34. The monoisotopic (exact) mass is 345 g/mol. The number of phenols is 1. The molecule has 1 heterocycles. The fourth-order valence-electron chi connectivity index (χ4n) is 3.49. The quantitative estimate of drug-likeness (QED) is 0.898. The van der Waals surface area contributed by atoms with Crippen LogP contribution < -0.4 is 0 Å². The number of phenolic OH excluding ortho intramolecular Hbond substituents is 1. The molecule has 2 aromatic carbocycles. The van der Waals surface area contributed by atoms with Gasteiger partial charge in [0.15, 0.2) is 11.6 Å². The van der Waals surface area contributed by atoms with Crippen LogP contribution in [0.1, 0.15) is 42.1 Å². The minimum absolute atomic E-state index is 0.0735. The molecule has 2 atom stereocenters. The fourth-order valence-corrected chi connectivity index (χ4v) is 3.49. The van der Waals surface area contributed by atoms with Crippen molar-refractivity contribution in [3.63, 3.8) is 0 Å². The van der Waals surface area contributed by atoms with Crippen molar-refractivity contribution in [3.05, 3.63) is 65.2 Å². The van der Waals surface area contributed by atoms with Crippen LogP contribution in [0.5, 0.6) is 5.75 Å². The van der Waals surface area contributed by atoms with Crippen LogP contribution >= 0.6 is 0 Å². The van der Waals surface area contributed by atoms with E-state index in [1.54, 1.807) is 12.1 Å². The number of hydrogen-bond acceptors (Lipinski definition) is 2. The predicted octanol–water partition coefficient (Wildman–Crippen LogP) is 4.30. The van der Waals surface area contributed by atoms with E-state index in [1.807, 2.05) is 11.8 Å². The molecule has 0 unspecified atom stereocenters.